The van der Waals surface area contributed by atoms with Gasteiger partial charge in [-0.2, -0.15) is 5.10 Å². The summed E-state index contributed by atoms with van der Waals surface area (Å²) >= 11 is 0. The van der Waals surface area contributed by atoms with E-state index in [9.17, 15) is 9.90 Å². The van der Waals surface area contributed by atoms with E-state index in [1.54, 1.807) is 6.20 Å². The molecule has 36 heavy (non-hydrogen) atoms. The number of ether oxygens (including phenoxy) is 1. The van der Waals surface area contributed by atoms with Crippen LogP contribution in [0.3, 0.4) is 0 Å². The van der Waals surface area contributed by atoms with Crippen LogP contribution in [0.4, 0.5) is 11.5 Å². The fourth-order valence-corrected chi connectivity index (χ4v) is 5.59. The summed E-state index contributed by atoms with van der Waals surface area (Å²) in [5.41, 5.74) is 5.20. The molecule has 1 saturated carbocycles. The van der Waals surface area contributed by atoms with Crippen molar-refractivity contribution in [1.82, 2.24) is 14.8 Å². The zero-order chi connectivity index (χ0) is 24.5. The van der Waals surface area contributed by atoms with E-state index in [2.05, 4.69) is 21.0 Å². The molecular formula is C29H30N4O3. The molecule has 0 aliphatic heterocycles. The number of hydrogen-bond acceptors (Lipinski definition) is 5. The molecule has 7 heteroatoms. The second kappa shape index (κ2) is 9.64. The number of carboxylic acid groups (broad SMARTS) is 1. The summed E-state index contributed by atoms with van der Waals surface area (Å²) in [4.78, 5) is 16.1. The second-order valence-electron chi connectivity index (χ2n) is 9.92. The summed E-state index contributed by atoms with van der Waals surface area (Å²) in [5, 5.41) is 18.9. The van der Waals surface area contributed by atoms with Crippen LogP contribution < -0.4 is 10.1 Å². The smallest absolute Gasteiger partial charge is 0.307 e. The second-order valence-corrected chi connectivity index (χ2v) is 9.92. The minimum Gasteiger partial charge on any atom is -0.481 e. The topological polar surface area (TPSA) is 89.3 Å². The summed E-state index contributed by atoms with van der Waals surface area (Å²) in [7, 11) is 0. The zero-order valence-corrected chi connectivity index (χ0v) is 20.2. The molecule has 2 heterocycles. The van der Waals surface area contributed by atoms with Gasteiger partial charge in [0, 0.05) is 11.9 Å². The van der Waals surface area contributed by atoms with E-state index in [1.807, 2.05) is 48.5 Å². The van der Waals surface area contributed by atoms with Crippen molar-refractivity contribution in [2.75, 3.05) is 5.32 Å². The van der Waals surface area contributed by atoms with Crippen LogP contribution >= 0.6 is 0 Å². The molecule has 1 atom stereocenters. The SMILES string of the molecule is O=C(O)C1Cc2ccc(Nc3nn(C4CCCCC4)c4ccnc(OCc5ccccc5)c34)cc2C1. The highest BCUT2D eigenvalue weighted by Crippen LogP contribution is 2.38. The number of carboxylic acids is 1. The number of rotatable bonds is 7. The number of hydrogen-bond donors (Lipinski definition) is 2. The maximum Gasteiger partial charge on any atom is 0.307 e. The number of pyridine rings is 1. The highest BCUT2D eigenvalue weighted by Gasteiger charge is 2.28. The molecule has 0 radical (unpaired) electrons. The van der Waals surface area contributed by atoms with E-state index >= 15 is 0 Å². The summed E-state index contributed by atoms with van der Waals surface area (Å²) in [5.74, 6) is 0.209. The molecule has 0 saturated heterocycles. The molecular weight excluding hydrogens is 452 g/mol. The minimum atomic E-state index is -0.732. The van der Waals surface area contributed by atoms with E-state index in [0.717, 1.165) is 51.9 Å². The van der Waals surface area contributed by atoms with Crippen LogP contribution in [-0.2, 0) is 24.2 Å². The van der Waals surface area contributed by atoms with Crippen molar-refractivity contribution in [3.05, 3.63) is 77.5 Å². The Hall–Kier alpha value is -3.87. The molecule has 2 aromatic carbocycles. The van der Waals surface area contributed by atoms with Crippen molar-refractivity contribution in [3.63, 3.8) is 0 Å². The third-order valence-corrected chi connectivity index (χ3v) is 7.48. The Morgan fingerprint density at radius 2 is 1.83 bits per heavy atom. The maximum absolute atomic E-state index is 11.5. The van der Waals surface area contributed by atoms with Crippen molar-refractivity contribution in [1.29, 1.82) is 0 Å². The van der Waals surface area contributed by atoms with Crippen LogP contribution in [0.15, 0.2) is 60.8 Å². The molecule has 1 fully saturated rings. The number of fused-ring (bicyclic) bond motifs is 2. The average molecular weight is 483 g/mol. The Morgan fingerprint density at radius 1 is 1.03 bits per heavy atom. The first kappa shape index (κ1) is 22.6. The lowest BCUT2D eigenvalue weighted by Gasteiger charge is -2.22. The number of nitrogens with zero attached hydrogens (tertiary/aromatic N) is 3. The van der Waals surface area contributed by atoms with Crippen molar-refractivity contribution >= 4 is 28.4 Å². The first-order chi connectivity index (χ1) is 17.7. The summed E-state index contributed by atoms with van der Waals surface area (Å²) in [6.07, 6.45) is 8.90. The monoisotopic (exact) mass is 482 g/mol. The van der Waals surface area contributed by atoms with Crippen LogP contribution in [0.2, 0.25) is 0 Å². The molecule has 2 aromatic heterocycles. The third kappa shape index (κ3) is 4.41. The fourth-order valence-electron chi connectivity index (χ4n) is 5.59. The van der Waals surface area contributed by atoms with Gasteiger partial charge in [-0.3, -0.25) is 9.48 Å². The minimum absolute atomic E-state index is 0.344. The van der Waals surface area contributed by atoms with Gasteiger partial charge in [0.15, 0.2) is 5.82 Å². The van der Waals surface area contributed by atoms with Crippen molar-refractivity contribution in [2.45, 2.75) is 57.6 Å². The average Bonchev–Trinajstić information content (AvgIpc) is 3.51. The number of aliphatic carboxylic acids is 1. The van der Waals surface area contributed by atoms with Gasteiger partial charge in [-0.25, -0.2) is 4.98 Å². The number of benzene rings is 2. The Bertz CT molecular complexity index is 1390. The van der Waals surface area contributed by atoms with Gasteiger partial charge < -0.3 is 15.2 Å². The van der Waals surface area contributed by atoms with Crippen molar-refractivity contribution in [2.24, 2.45) is 5.92 Å². The summed E-state index contributed by atoms with van der Waals surface area (Å²) < 4.78 is 8.38. The number of carbonyl (C=O) groups is 1. The van der Waals surface area contributed by atoms with Gasteiger partial charge in [0.25, 0.3) is 0 Å². The molecule has 7 nitrogen and oxygen atoms in total. The van der Waals surface area contributed by atoms with E-state index in [4.69, 9.17) is 9.84 Å². The van der Waals surface area contributed by atoms with Crippen LogP contribution in [-0.4, -0.2) is 25.8 Å². The van der Waals surface area contributed by atoms with Gasteiger partial charge in [0.1, 0.15) is 12.0 Å². The van der Waals surface area contributed by atoms with Gasteiger partial charge in [0.2, 0.25) is 5.88 Å². The van der Waals surface area contributed by atoms with Gasteiger partial charge in [-0.15, -0.1) is 0 Å². The lowest BCUT2D eigenvalue weighted by molar-refractivity contribution is -0.141. The molecule has 0 amide bonds. The summed E-state index contributed by atoms with van der Waals surface area (Å²) in [6, 6.07) is 18.6. The first-order valence-corrected chi connectivity index (χ1v) is 12.8. The standard InChI is InChI=1S/C29H30N4O3/c34-29(35)22-15-20-11-12-23(17-21(20)16-22)31-27-26-25(33(32-27)24-9-5-2-6-10-24)13-14-30-28(26)36-18-19-7-3-1-4-8-19/h1,3-4,7-8,11-14,17,22,24H,2,5-6,9-10,15-16,18H2,(H,31,32)(H,34,35). The van der Waals surface area contributed by atoms with E-state index < -0.39 is 5.97 Å². The fraction of sp³-hybridized carbons (Fsp3) is 0.345. The number of nitrogens with one attached hydrogen (secondary N) is 1. The van der Waals surface area contributed by atoms with E-state index in [1.165, 1.54) is 19.3 Å². The molecule has 2 aliphatic carbocycles. The summed E-state index contributed by atoms with van der Waals surface area (Å²) in [6.45, 7) is 0.427. The molecule has 184 valence electrons. The van der Waals surface area contributed by atoms with Crippen LogP contribution in [0.1, 0.15) is 54.8 Å². The number of aromatic nitrogens is 3. The molecule has 2 aliphatic rings. The molecule has 1 unspecified atom stereocenters. The van der Waals surface area contributed by atoms with Gasteiger partial charge >= 0.3 is 5.97 Å². The van der Waals surface area contributed by atoms with Crippen LogP contribution in [0, 0.1) is 5.92 Å². The quantitative estimate of drug-likeness (QED) is 0.333. The van der Waals surface area contributed by atoms with E-state index in [0.29, 0.717) is 31.4 Å². The largest absolute Gasteiger partial charge is 0.481 e. The molecule has 0 spiro atoms. The predicted octanol–water partition coefficient (Wildman–Crippen LogP) is 6.06. The first-order valence-electron chi connectivity index (χ1n) is 12.8. The zero-order valence-electron chi connectivity index (χ0n) is 20.2. The molecule has 6 rings (SSSR count). The Balaban J connectivity index is 1.36. The van der Waals surface area contributed by atoms with Gasteiger partial charge in [0.05, 0.1) is 17.5 Å². The van der Waals surface area contributed by atoms with Crippen molar-refractivity contribution < 1.29 is 14.6 Å². The lowest BCUT2D eigenvalue weighted by atomic mass is 9.95. The Kier molecular flexibility index (Phi) is 6.05. The van der Waals surface area contributed by atoms with Gasteiger partial charge in [-0.1, -0.05) is 55.7 Å². The Morgan fingerprint density at radius 3 is 2.64 bits per heavy atom. The van der Waals surface area contributed by atoms with Crippen molar-refractivity contribution in [3.8, 4) is 5.88 Å². The van der Waals surface area contributed by atoms with E-state index in [-0.39, 0.29) is 5.92 Å². The highest BCUT2D eigenvalue weighted by molar-refractivity contribution is 5.96. The molecule has 4 aromatic rings. The number of anilines is 2. The molecule has 0 bridgehead atoms. The van der Waals surface area contributed by atoms with Gasteiger partial charge in [-0.05, 0) is 60.6 Å². The molecule has 2 N–H and O–H groups in total. The third-order valence-electron chi connectivity index (χ3n) is 7.48. The normalized spacial score (nSPS) is 17.7. The predicted molar refractivity (Wildman–Crippen MR) is 139 cm³/mol. The van der Waals surface area contributed by atoms with Crippen LogP contribution in [0.25, 0.3) is 10.9 Å². The maximum atomic E-state index is 11.5. The Labute approximate surface area is 210 Å². The lowest BCUT2D eigenvalue weighted by Crippen LogP contribution is -2.14. The highest BCUT2D eigenvalue weighted by atomic mass is 16.5. The van der Waals surface area contributed by atoms with Crippen LogP contribution in [0.5, 0.6) is 5.88 Å².